The van der Waals surface area contributed by atoms with Crippen LogP contribution in [-0.4, -0.2) is 29.7 Å². The first-order valence-corrected chi connectivity index (χ1v) is 6.89. The van der Waals surface area contributed by atoms with E-state index < -0.39 is 5.97 Å². The minimum Gasteiger partial charge on any atom is -0.481 e. The van der Waals surface area contributed by atoms with Gasteiger partial charge in [0.2, 0.25) is 0 Å². The lowest BCUT2D eigenvalue weighted by atomic mass is 9.76. The van der Waals surface area contributed by atoms with Gasteiger partial charge in [-0.3, -0.25) is 4.79 Å². The smallest absolute Gasteiger partial charge is 0.314 e. The molecule has 0 aliphatic rings. The van der Waals surface area contributed by atoms with Crippen LogP contribution >= 0.6 is 0 Å². The lowest BCUT2D eigenvalue weighted by molar-refractivity contribution is -0.137. The molecule has 0 radical (unpaired) electrons. The highest BCUT2D eigenvalue weighted by Crippen LogP contribution is 2.32. The Morgan fingerprint density at radius 3 is 2.16 bits per heavy atom. The Bertz CT molecular complexity index is 296. The van der Waals surface area contributed by atoms with E-state index in [-0.39, 0.29) is 29.8 Å². The van der Waals surface area contributed by atoms with E-state index in [4.69, 9.17) is 5.11 Å². The molecule has 2 amide bonds. The predicted octanol–water partition coefficient (Wildman–Crippen LogP) is 2.61. The zero-order valence-corrected chi connectivity index (χ0v) is 12.7. The Labute approximate surface area is 116 Å². The zero-order valence-electron chi connectivity index (χ0n) is 12.7. The van der Waals surface area contributed by atoms with Gasteiger partial charge in [0, 0.05) is 19.0 Å². The molecule has 0 aliphatic carbocycles. The molecule has 5 nitrogen and oxygen atoms in total. The zero-order chi connectivity index (χ0) is 15.1. The topological polar surface area (TPSA) is 78.4 Å². The minimum atomic E-state index is -0.764. The van der Waals surface area contributed by atoms with Crippen LogP contribution in [0.4, 0.5) is 4.79 Å². The summed E-state index contributed by atoms with van der Waals surface area (Å²) in [6.45, 7) is 10.7. The van der Waals surface area contributed by atoms with Crippen LogP contribution in [0.15, 0.2) is 0 Å². The molecule has 19 heavy (non-hydrogen) atoms. The number of carbonyl (C=O) groups is 2. The van der Waals surface area contributed by atoms with Crippen molar-refractivity contribution in [3.05, 3.63) is 0 Å². The lowest BCUT2D eigenvalue weighted by Gasteiger charge is -2.30. The van der Waals surface area contributed by atoms with E-state index in [1.54, 1.807) is 0 Å². The van der Waals surface area contributed by atoms with E-state index in [9.17, 15) is 9.59 Å². The van der Waals surface area contributed by atoms with E-state index >= 15 is 0 Å². The van der Waals surface area contributed by atoms with Crippen molar-refractivity contribution in [3.8, 4) is 0 Å². The average molecular weight is 272 g/mol. The van der Waals surface area contributed by atoms with Crippen LogP contribution < -0.4 is 10.6 Å². The molecule has 0 aromatic carbocycles. The standard InChI is InChI=1S/C14H28N2O3/c1-10(2)16-13(19)15-9-8-11(14(3,4)5)6-7-12(17)18/h10-11H,6-9H2,1-5H3,(H,17,18)(H2,15,16,19). The Balaban J connectivity index is 4.13. The van der Waals surface area contributed by atoms with Crippen molar-refractivity contribution in [2.75, 3.05) is 6.54 Å². The number of carboxylic acid groups (broad SMARTS) is 1. The van der Waals surface area contributed by atoms with Crippen LogP contribution in [0.2, 0.25) is 0 Å². The largest absolute Gasteiger partial charge is 0.481 e. The Kier molecular flexibility index (Phi) is 7.49. The molecule has 0 spiro atoms. The molecule has 0 aliphatic heterocycles. The average Bonchev–Trinajstić information content (AvgIpc) is 2.19. The molecule has 0 saturated carbocycles. The fraction of sp³-hybridized carbons (Fsp3) is 0.857. The second kappa shape index (κ2) is 8.02. The predicted molar refractivity (Wildman–Crippen MR) is 76.1 cm³/mol. The molecule has 5 heteroatoms. The number of rotatable bonds is 7. The van der Waals surface area contributed by atoms with Crippen molar-refractivity contribution in [2.45, 2.75) is 59.9 Å². The maximum atomic E-state index is 11.4. The number of urea groups is 1. The number of hydrogen-bond donors (Lipinski definition) is 3. The summed E-state index contributed by atoms with van der Waals surface area (Å²) in [5, 5.41) is 14.3. The molecule has 0 saturated heterocycles. The van der Waals surface area contributed by atoms with Gasteiger partial charge in [0.15, 0.2) is 0 Å². The first-order valence-electron chi connectivity index (χ1n) is 6.89. The second-order valence-electron chi connectivity index (χ2n) is 6.34. The van der Waals surface area contributed by atoms with Crippen LogP contribution in [0.25, 0.3) is 0 Å². The van der Waals surface area contributed by atoms with Gasteiger partial charge in [-0.15, -0.1) is 0 Å². The van der Waals surface area contributed by atoms with Crippen molar-refractivity contribution in [2.24, 2.45) is 11.3 Å². The van der Waals surface area contributed by atoms with Crippen molar-refractivity contribution in [1.29, 1.82) is 0 Å². The second-order valence-corrected chi connectivity index (χ2v) is 6.34. The van der Waals surface area contributed by atoms with Crippen molar-refractivity contribution in [1.82, 2.24) is 10.6 Å². The van der Waals surface area contributed by atoms with E-state index in [1.807, 2.05) is 13.8 Å². The maximum Gasteiger partial charge on any atom is 0.314 e. The van der Waals surface area contributed by atoms with E-state index in [0.29, 0.717) is 13.0 Å². The highest BCUT2D eigenvalue weighted by atomic mass is 16.4. The van der Waals surface area contributed by atoms with Gasteiger partial charge >= 0.3 is 12.0 Å². The van der Waals surface area contributed by atoms with Gasteiger partial charge in [-0.2, -0.15) is 0 Å². The number of nitrogens with one attached hydrogen (secondary N) is 2. The summed E-state index contributed by atoms with van der Waals surface area (Å²) in [6.07, 6.45) is 1.62. The Morgan fingerprint density at radius 1 is 1.16 bits per heavy atom. The fourth-order valence-corrected chi connectivity index (χ4v) is 1.98. The molecular formula is C14H28N2O3. The summed E-state index contributed by atoms with van der Waals surface area (Å²) in [4.78, 5) is 22.1. The quantitative estimate of drug-likeness (QED) is 0.666. The van der Waals surface area contributed by atoms with Crippen molar-refractivity contribution >= 4 is 12.0 Å². The molecule has 0 bridgehead atoms. The van der Waals surface area contributed by atoms with Crippen LogP contribution in [-0.2, 0) is 4.79 Å². The van der Waals surface area contributed by atoms with Gasteiger partial charge in [-0.05, 0) is 38.0 Å². The van der Waals surface area contributed by atoms with E-state index in [0.717, 1.165) is 6.42 Å². The lowest BCUT2D eigenvalue weighted by Crippen LogP contribution is -2.40. The van der Waals surface area contributed by atoms with Gasteiger partial charge in [0.1, 0.15) is 0 Å². The van der Waals surface area contributed by atoms with E-state index in [2.05, 4.69) is 31.4 Å². The fourth-order valence-electron chi connectivity index (χ4n) is 1.98. The molecule has 0 heterocycles. The van der Waals surface area contributed by atoms with Crippen molar-refractivity contribution < 1.29 is 14.7 Å². The molecule has 1 unspecified atom stereocenters. The third-order valence-corrected chi connectivity index (χ3v) is 3.13. The highest BCUT2D eigenvalue weighted by Gasteiger charge is 2.24. The monoisotopic (exact) mass is 272 g/mol. The summed E-state index contributed by atoms with van der Waals surface area (Å²) < 4.78 is 0. The van der Waals surface area contributed by atoms with Gasteiger partial charge in [0.25, 0.3) is 0 Å². The molecule has 0 aromatic rings. The summed E-state index contributed by atoms with van der Waals surface area (Å²) in [7, 11) is 0. The molecule has 1 atom stereocenters. The highest BCUT2D eigenvalue weighted by molar-refractivity contribution is 5.74. The third kappa shape index (κ3) is 9.33. The Morgan fingerprint density at radius 2 is 1.74 bits per heavy atom. The van der Waals surface area contributed by atoms with E-state index in [1.165, 1.54) is 0 Å². The van der Waals surface area contributed by atoms with Gasteiger partial charge in [0.05, 0.1) is 0 Å². The molecule has 0 fully saturated rings. The van der Waals surface area contributed by atoms with Gasteiger partial charge in [-0.25, -0.2) is 4.79 Å². The first kappa shape index (κ1) is 17.7. The van der Waals surface area contributed by atoms with Gasteiger partial charge in [-0.1, -0.05) is 20.8 Å². The van der Waals surface area contributed by atoms with Crippen LogP contribution in [0.1, 0.15) is 53.9 Å². The molecule has 3 N–H and O–H groups in total. The SMILES string of the molecule is CC(C)NC(=O)NCCC(CCC(=O)O)C(C)(C)C. The first-order chi connectivity index (χ1) is 8.62. The third-order valence-electron chi connectivity index (χ3n) is 3.13. The van der Waals surface area contributed by atoms with Crippen LogP contribution in [0.3, 0.4) is 0 Å². The molecule has 112 valence electrons. The summed E-state index contributed by atoms with van der Waals surface area (Å²) in [5.74, 6) is -0.484. The van der Waals surface area contributed by atoms with Gasteiger partial charge < -0.3 is 15.7 Å². The number of carbonyl (C=O) groups excluding carboxylic acids is 1. The minimum absolute atomic E-state index is 0.0473. The normalized spacial score (nSPS) is 13.2. The maximum absolute atomic E-state index is 11.4. The molecule has 0 rings (SSSR count). The van der Waals surface area contributed by atoms with Crippen molar-refractivity contribution in [3.63, 3.8) is 0 Å². The summed E-state index contributed by atoms with van der Waals surface area (Å²) in [6, 6.07) is -0.0497. The molecule has 0 aromatic heterocycles. The van der Waals surface area contributed by atoms with Crippen LogP contribution in [0.5, 0.6) is 0 Å². The number of amides is 2. The Hall–Kier alpha value is -1.26. The summed E-state index contributed by atoms with van der Waals surface area (Å²) >= 11 is 0. The number of aliphatic carboxylic acids is 1. The molecular weight excluding hydrogens is 244 g/mol. The summed E-state index contributed by atoms with van der Waals surface area (Å²) in [5.41, 5.74) is 0.0473. The number of hydrogen-bond acceptors (Lipinski definition) is 2. The number of carboxylic acids is 1. The van der Waals surface area contributed by atoms with Crippen LogP contribution in [0, 0.1) is 11.3 Å².